The molecule has 0 spiro atoms. The van der Waals surface area contributed by atoms with Crippen LogP contribution in [0.15, 0.2) is 48.5 Å². The highest BCUT2D eigenvalue weighted by molar-refractivity contribution is 5.38. The first-order valence-corrected chi connectivity index (χ1v) is 8.81. The summed E-state index contributed by atoms with van der Waals surface area (Å²) in [5.74, 6) is 12.0. The standard InChI is InChI=1S/C20H18.2C2H6/c1-3-4-5-6-7-18-12-14-20(15-13-18)16-19-10-8-17(2)9-11-19;2*1-2/h8-15H,5,16H2,1-2H3;2*1-2H3. The van der Waals surface area contributed by atoms with Crippen LogP contribution in [0.4, 0.5) is 0 Å². The SMILES string of the molecule is CC.CC.CC#CCC#Cc1ccc(Cc2ccc(C)cc2)cc1. The van der Waals surface area contributed by atoms with E-state index in [9.17, 15) is 0 Å². The van der Waals surface area contributed by atoms with E-state index in [0.717, 1.165) is 12.0 Å². The molecule has 0 nitrogen and oxygen atoms in total. The smallest absolute Gasteiger partial charge is 0.0706 e. The van der Waals surface area contributed by atoms with E-state index < -0.39 is 0 Å². The molecule has 0 heterocycles. The van der Waals surface area contributed by atoms with Crippen LogP contribution in [-0.2, 0) is 6.42 Å². The molecule has 0 fully saturated rings. The molecule has 0 unspecified atom stereocenters. The first kappa shape index (κ1) is 21.6. The number of rotatable bonds is 2. The van der Waals surface area contributed by atoms with Gasteiger partial charge in [0.05, 0.1) is 6.42 Å². The molecule has 0 aliphatic heterocycles. The molecule has 0 amide bonds. The number of aryl methyl sites for hydroxylation is 1. The minimum Gasteiger partial charge on any atom is -0.106 e. The van der Waals surface area contributed by atoms with Gasteiger partial charge in [0.25, 0.3) is 0 Å². The van der Waals surface area contributed by atoms with Gasteiger partial charge in [0.15, 0.2) is 0 Å². The highest BCUT2D eigenvalue weighted by Crippen LogP contribution is 2.11. The van der Waals surface area contributed by atoms with Crippen LogP contribution in [-0.4, -0.2) is 0 Å². The summed E-state index contributed by atoms with van der Waals surface area (Å²) in [6.45, 7) is 11.9. The summed E-state index contributed by atoms with van der Waals surface area (Å²) in [5, 5.41) is 0. The van der Waals surface area contributed by atoms with Gasteiger partial charge in [0.2, 0.25) is 0 Å². The van der Waals surface area contributed by atoms with Gasteiger partial charge in [-0.1, -0.05) is 87.4 Å². The van der Waals surface area contributed by atoms with E-state index in [4.69, 9.17) is 0 Å². The predicted octanol–water partition coefficient (Wildman–Crippen LogP) is 6.40. The maximum atomic E-state index is 3.13. The van der Waals surface area contributed by atoms with E-state index in [1.165, 1.54) is 16.7 Å². The molecule has 0 N–H and O–H groups in total. The van der Waals surface area contributed by atoms with Crippen molar-refractivity contribution in [2.75, 3.05) is 0 Å². The molecular weight excluding hydrogens is 288 g/mol. The van der Waals surface area contributed by atoms with Crippen molar-refractivity contribution >= 4 is 0 Å². The molecule has 126 valence electrons. The summed E-state index contributed by atoms with van der Waals surface area (Å²) < 4.78 is 0. The van der Waals surface area contributed by atoms with Gasteiger partial charge in [0, 0.05) is 5.56 Å². The zero-order valence-electron chi connectivity index (χ0n) is 16.0. The van der Waals surface area contributed by atoms with Crippen LogP contribution in [0, 0.1) is 30.6 Å². The van der Waals surface area contributed by atoms with Gasteiger partial charge in [-0.15, -0.1) is 5.92 Å². The van der Waals surface area contributed by atoms with Crippen LogP contribution in [0.3, 0.4) is 0 Å². The van der Waals surface area contributed by atoms with Crippen LogP contribution in [0.25, 0.3) is 0 Å². The van der Waals surface area contributed by atoms with Crippen molar-refractivity contribution in [2.45, 2.75) is 54.4 Å². The molecule has 0 aromatic heterocycles. The number of hydrogen-bond donors (Lipinski definition) is 0. The second-order valence-corrected chi connectivity index (χ2v) is 4.76. The van der Waals surface area contributed by atoms with E-state index in [-0.39, 0.29) is 0 Å². The maximum absolute atomic E-state index is 3.13. The Labute approximate surface area is 149 Å². The first-order chi connectivity index (χ1) is 11.8. The van der Waals surface area contributed by atoms with Crippen LogP contribution < -0.4 is 0 Å². The van der Waals surface area contributed by atoms with E-state index in [1.54, 1.807) is 0 Å². The normalized spacial score (nSPS) is 8.08. The quantitative estimate of drug-likeness (QED) is 0.562. The van der Waals surface area contributed by atoms with Gasteiger partial charge in [-0.05, 0) is 43.5 Å². The molecule has 2 aromatic carbocycles. The van der Waals surface area contributed by atoms with Gasteiger partial charge in [-0.25, -0.2) is 0 Å². The lowest BCUT2D eigenvalue weighted by Crippen LogP contribution is -1.88. The Morgan fingerprint density at radius 3 is 1.71 bits per heavy atom. The molecule has 0 aliphatic rings. The predicted molar refractivity (Wildman–Crippen MR) is 108 cm³/mol. The molecule has 2 rings (SSSR count). The molecule has 0 bridgehead atoms. The second-order valence-electron chi connectivity index (χ2n) is 4.76. The maximum Gasteiger partial charge on any atom is 0.0706 e. The van der Waals surface area contributed by atoms with Crippen LogP contribution in [0.2, 0.25) is 0 Å². The van der Waals surface area contributed by atoms with Crippen molar-refractivity contribution in [2.24, 2.45) is 0 Å². The summed E-state index contributed by atoms with van der Waals surface area (Å²) >= 11 is 0. The fourth-order valence-corrected chi connectivity index (χ4v) is 1.93. The van der Waals surface area contributed by atoms with Crippen molar-refractivity contribution in [1.29, 1.82) is 0 Å². The Hall–Kier alpha value is -2.44. The molecule has 2 aromatic rings. The highest BCUT2D eigenvalue weighted by Gasteiger charge is 1.96. The van der Waals surface area contributed by atoms with Crippen LogP contribution >= 0.6 is 0 Å². The Kier molecular flexibility index (Phi) is 12.7. The lowest BCUT2D eigenvalue weighted by atomic mass is 10.0. The van der Waals surface area contributed by atoms with Crippen molar-refractivity contribution in [3.8, 4) is 23.7 Å². The third-order valence-electron chi connectivity index (χ3n) is 3.07. The first-order valence-electron chi connectivity index (χ1n) is 8.81. The second kappa shape index (κ2) is 14.2. The Balaban J connectivity index is 0.00000123. The average Bonchev–Trinajstić information content (AvgIpc) is 2.65. The zero-order chi connectivity index (χ0) is 18.2. The number of benzene rings is 2. The van der Waals surface area contributed by atoms with E-state index >= 15 is 0 Å². The van der Waals surface area contributed by atoms with E-state index in [1.807, 2.05) is 34.6 Å². The fourth-order valence-electron chi connectivity index (χ4n) is 1.93. The van der Waals surface area contributed by atoms with Gasteiger partial charge in [-0.3, -0.25) is 0 Å². The molecule has 0 saturated carbocycles. The molecule has 0 atom stereocenters. The van der Waals surface area contributed by atoms with Gasteiger partial charge < -0.3 is 0 Å². The largest absolute Gasteiger partial charge is 0.106 e. The van der Waals surface area contributed by atoms with Crippen LogP contribution in [0.5, 0.6) is 0 Å². The minimum atomic E-state index is 0.640. The topological polar surface area (TPSA) is 0 Å². The van der Waals surface area contributed by atoms with E-state index in [0.29, 0.717) is 6.42 Å². The van der Waals surface area contributed by atoms with E-state index in [2.05, 4.69) is 79.1 Å². The average molecular weight is 319 g/mol. The van der Waals surface area contributed by atoms with Crippen LogP contribution in [0.1, 0.15) is 63.3 Å². The minimum absolute atomic E-state index is 0.640. The molecule has 0 radical (unpaired) electrons. The summed E-state index contributed by atoms with van der Waals surface area (Å²) in [5.41, 5.74) is 5.01. The Morgan fingerprint density at radius 2 is 1.21 bits per heavy atom. The Morgan fingerprint density at radius 1 is 0.708 bits per heavy atom. The van der Waals surface area contributed by atoms with Crippen molar-refractivity contribution < 1.29 is 0 Å². The summed E-state index contributed by atoms with van der Waals surface area (Å²) in [7, 11) is 0. The summed E-state index contributed by atoms with van der Waals surface area (Å²) in [6, 6.07) is 17.1. The molecule has 24 heavy (non-hydrogen) atoms. The van der Waals surface area contributed by atoms with Crippen molar-refractivity contribution in [3.63, 3.8) is 0 Å². The molecule has 0 saturated heterocycles. The van der Waals surface area contributed by atoms with Gasteiger partial charge in [0.1, 0.15) is 0 Å². The Bertz CT molecular complexity index is 665. The summed E-state index contributed by atoms with van der Waals surface area (Å²) in [6.07, 6.45) is 1.61. The fraction of sp³-hybridized carbons (Fsp3) is 0.333. The monoisotopic (exact) mass is 318 g/mol. The van der Waals surface area contributed by atoms with Gasteiger partial charge in [-0.2, -0.15) is 0 Å². The number of hydrogen-bond acceptors (Lipinski definition) is 0. The highest BCUT2D eigenvalue weighted by atomic mass is 14.0. The molecule has 0 heteroatoms. The zero-order valence-corrected chi connectivity index (χ0v) is 16.0. The third-order valence-corrected chi connectivity index (χ3v) is 3.07. The lowest BCUT2D eigenvalue weighted by Gasteiger charge is -2.02. The van der Waals surface area contributed by atoms with Crippen molar-refractivity contribution in [3.05, 3.63) is 70.8 Å². The third kappa shape index (κ3) is 8.87. The molecular formula is C24H30. The lowest BCUT2D eigenvalue weighted by molar-refractivity contribution is 1.18. The molecule has 0 aliphatic carbocycles. The van der Waals surface area contributed by atoms with Gasteiger partial charge >= 0.3 is 0 Å². The van der Waals surface area contributed by atoms with Crippen molar-refractivity contribution in [1.82, 2.24) is 0 Å². The summed E-state index contributed by atoms with van der Waals surface area (Å²) in [4.78, 5) is 0.